The molecular formula is C36H24F2N8O4S2. The fraction of sp³-hybridized carbons (Fsp3) is 0.0556. The molecule has 52 heavy (non-hydrogen) atoms. The van der Waals surface area contributed by atoms with Gasteiger partial charge in [-0.15, -0.1) is 22.7 Å². The predicted molar refractivity (Wildman–Crippen MR) is 192 cm³/mol. The summed E-state index contributed by atoms with van der Waals surface area (Å²) in [6, 6.07) is 21.4. The lowest BCUT2D eigenvalue weighted by Crippen LogP contribution is -2.12. The SMILES string of the molecule is Cn1nc(-c2ccco2)cc1-c1ccc(C(=O)Nc2ccnc(-c3ccc(-c4cc(-c5ccc(C(=O)Nc6ncccc6F)s5)n(C)n4)o3)c2F)s1. The van der Waals surface area contributed by atoms with Gasteiger partial charge in [0.15, 0.2) is 34.7 Å². The van der Waals surface area contributed by atoms with Crippen LogP contribution in [-0.2, 0) is 14.1 Å². The highest BCUT2D eigenvalue weighted by Crippen LogP contribution is 2.36. The van der Waals surface area contributed by atoms with E-state index in [4.69, 9.17) is 8.83 Å². The van der Waals surface area contributed by atoms with Gasteiger partial charge >= 0.3 is 0 Å². The number of amides is 2. The highest BCUT2D eigenvalue weighted by atomic mass is 32.1. The molecule has 16 heteroatoms. The van der Waals surface area contributed by atoms with Gasteiger partial charge in [-0.1, -0.05) is 0 Å². The number of furan rings is 2. The van der Waals surface area contributed by atoms with Gasteiger partial charge in [-0.2, -0.15) is 10.2 Å². The number of aryl methyl sites for hydroxylation is 2. The number of carbonyl (C=O) groups is 2. The molecule has 0 unspecified atom stereocenters. The largest absolute Gasteiger partial charge is 0.463 e. The topological polar surface area (TPSA) is 146 Å². The fourth-order valence-electron chi connectivity index (χ4n) is 5.40. The molecule has 258 valence electrons. The van der Waals surface area contributed by atoms with Crippen molar-refractivity contribution in [2.45, 2.75) is 0 Å². The molecule has 8 rings (SSSR count). The molecule has 0 aliphatic heterocycles. The third kappa shape index (κ3) is 6.20. The lowest BCUT2D eigenvalue weighted by molar-refractivity contribution is 0.102. The Balaban J connectivity index is 0.973. The van der Waals surface area contributed by atoms with Gasteiger partial charge in [0, 0.05) is 26.5 Å². The summed E-state index contributed by atoms with van der Waals surface area (Å²) in [6.45, 7) is 0. The molecule has 0 saturated heterocycles. The third-order valence-corrected chi connectivity index (χ3v) is 10.1. The van der Waals surface area contributed by atoms with Crippen molar-refractivity contribution in [1.82, 2.24) is 29.5 Å². The summed E-state index contributed by atoms with van der Waals surface area (Å²) >= 11 is 2.44. The Morgan fingerprint density at radius 3 is 2.02 bits per heavy atom. The summed E-state index contributed by atoms with van der Waals surface area (Å²) in [6.07, 6.45) is 4.35. The van der Waals surface area contributed by atoms with Crippen LogP contribution in [0.1, 0.15) is 19.3 Å². The number of carbonyl (C=O) groups excluding carboxylic acids is 2. The first-order chi connectivity index (χ1) is 25.2. The van der Waals surface area contributed by atoms with Crippen molar-refractivity contribution in [3.8, 4) is 55.5 Å². The number of thiophene rings is 2. The van der Waals surface area contributed by atoms with Crippen LogP contribution < -0.4 is 10.6 Å². The molecule has 8 aromatic rings. The maximum absolute atomic E-state index is 15.8. The van der Waals surface area contributed by atoms with Crippen LogP contribution in [-0.4, -0.2) is 41.3 Å². The van der Waals surface area contributed by atoms with Crippen LogP contribution >= 0.6 is 22.7 Å². The standard InChI is InChI=1S/C36H24F2N8O4S2/c1-45-23(17-21(43-45)25-6-4-16-49-25)28-9-11-30(51-28)35(47)41-20-13-15-39-33(32(20)38)27-8-7-26(50-27)22-18-24(46(2)44-22)29-10-12-31(52-29)36(48)42-34-19(37)5-3-14-40-34/h3-18H,1-2H3,(H,39,41,47)(H,40,42,48). The van der Waals surface area contributed by atoms with Gasteiger partial charge in [-0.3, -0.25) is 19.0 Å². The first-order valence-corrected chi connectivity index (χ1v) is 17.2. The van der Waals surface area contributed by atoms with Crippen LogP contribution in [0, 0.1) is 11.6 Å². The molecular weight excluding hydrogens is 711 g/mol. The Morgan fingerprint density at radius 2 is 1.37 bits per heavy atom. The number of nitrogens with zero attached hydrogens (tertiary/aromatic N) is 6. The predicted octanol–water partition coefficient (Wildman–Crippen LogP) is 8.37. The second-order valence-electron chi connectivity index (χ2n) is 11.3. The summed E-state index contributed by atoms with van der Waals surface area (Å²) < 4.78 is 44.5. The number of pyridine rings is 2. The highest BCUT2D eigenvalue weighted by Gasteiger charge is 2.22. The second-order valence-corrected chi connectivity index (χ2v) is 13.5. The third-order valence-electron chi connectivity index (χ3n) is 7.92. The van der Waals surface area contributed by atoms with Gasteiger partial charge < -0.3 is 19.5 Å². The quantitative estimate of drug-likeness (QED) is 0.150. The molecule has 0 spiro atoms. The van der Waals surface area contributed by atoms with Crippen LogP contribution in [0.2, 0.25) is 0 Å². The zero-order chi connectivity index (χ0) is 35.9. The lowest BCUT2D eigenvalue weighted by Gasteiger charge is -2.07. The minimum Gasteiger partial charge on any atom is -0.463 e. The van der Waals surface area contributed by atoms with Crippen LogP contribution in [0.5, 0.6) is 0 Å². The van der Waals surface area contributed by atoms with E-state index < -0.39 is 23.4 Å². The molecule has 0 aromatic carbocycles. The second kappa shape index (κ2) is 13.3. The van der Waals surface area contributed by atoms with Gasteiger partial charge in [-0.25, -0.2) is 18.7 Å². The zero-order valence-electron chi connectivity index (χ0n) is 27.1. The number of hydrogen-bond donors (Lipinski definition) is 2. The van der Waals surface area contributed by atoms with E-state index in [-0.39, 0.29) is 23.0 Å². The van der Waals surface area contributed by atoms with E-state index in [0.717, 1.165) is 15.4 Å². The van der Waals surface area contributed by atoms with E-state index in [0.29, 0.717) is 38.4 Å². The van der Waals surface area contributed by atoms with Crippen LogP contribution in [0.15, 0.2) is 106 Å². The van der Waals surface area contributed by atoms with Crippen molar-refractivity contribution in [2.75, 3.05) is 10.6 Å². The molecule has 0 aliphatic carbocycles. The first-order valence-electron chi connectivity index (χ1n) is 15.5. The van der Waals surface area contributed by atoms with Crippen LogP contribution in [0.25, 0.3) is 55.5 Å². The summed E-state index contributed by atoms with van der Waals surface area (Å²) in [5, 5.41) is 14.2. The number of anilines is 2. The van der Waals surface area contributed by atoms with E-state index >= 15 is 4.39 Å². The van der Waals surface area contributed by atoms with Crippen molar-refractivity contribution in [1.29, 1.82) is 0 Å². The molecule has 8 heterocycles. The van der Waals surface area contributed by atoms with Crippen molar-refractivity contribution < 1.29 is 27.2 Å². The molecule has 0 aliphatic rings. The van der Waals surface area contributed by atoms with Crippen molar-refractivity contribution in [3.05, 3.63) is 119 Å². The number of halogens is 2. The number of aromatic nitrogens is 6. The fourth-order valence-corrected chi connectivity index (χ4v) is 7.30. The Bertz CT molecular complexity index is 2600. The monoisotopic (exact) mass is 734 g/mol. The summed E-state index contributed by atoms with van der Waals surface area (Å²) in [5.74, 6) is -1.42. The molecule has 0 atom stereocenters. The van der Waals surface area contributed by atoms with Gasteiger partial charge in [0.25, 0.3) is 11.8 Å². The number of rotatable bonds is 9. The molecule has 0 saturated carbocycles. The van der Waals surface area contributed by atoms with Crippen LogP contribution in [0.3, 0.4) is 0 Å². The van der Waals surface area contributed by atoms with E-state index in [2.05, 4.69) is 30.8 Å². The minimum absolute atomic E-state index is 0.0630. The van der Waals surface area contributed by atoms with E-state index in [1.54, 1.807) is 72.2 Å². The first kappa shape index (κ1) is 32.7. The average Bonchev–Trinajstić information content (AvgIpc) is 3.98. The Labute approximate surface area is 301 Å². The lowest BCUT2D eigenvalue weighted by atomic mass is 10.2. The maximum atomic E-state index is 15.8. The van der Waals surface area contributed by atoms with Crippen molar-refractivity contribution >= 4 is 46.0 Å². The Hall–Kier alpha value is -6.52. The van der Waals surface area contributed by atoms with Gasteiger partial charge in [0.05, 0.1) is 42.8 Å². The van der Waals surface area contributed by atoms with Gasteiger partial charge in [-0.05, 0) is 78.9 Å². The molecule has 12 nitrogen and oxygen atoms in total. The molecule has 0 bridgehead atoms. The summed E-state index contributed by atoms with van der Waals surface area (Å²) in [4.78, 5) is 36.2. The van der Waals surface area contributed by atoms with Gasteiger partial charge in [0.2, 0.25) is 0 Å². The molecule has 8 aromatic heterocycles. The number of hydrogen-bond acceptors (Lipinski definition) is 10. The summed E-state index contributed by atoms with van der Waals surface area (Å²) in [7, 11) is 3.55. The smallest absolute Gasteiger partial charge is 0.266 e. The van der Waals surface area contributed by atoms with Crippen LogP contribution in [0.4, 0.5) is 20.3 Å². The Morgan fingerprint density at radius 1 is 0.712 bits per heavy atom. The molecule has 0 fully saturated rings. The molecule has 2 amide bonds. The highest BCUT2D eigenvalue weighted by molar-refractivity contribution is 7.17. The molecule has 2 N–H and O–H groups in total. The average molecular weight is 735 g/mol. The molecule has 0 radical (unpaired) electrons. The van der Waals surface area contributed by atoms with Crippen molar-refractivity contribution in [2.24, 2.45) is 14.1 Å². The van der Waals surface area contributed by atoms with E-state index in [1.165, 1.54) is 53.3 Å². The minimum atomic E-state index is -0.764. The number of nitrogens with one attached hydrogen (secondary N) is 2. The van der Waals surface area contributed by atoms with Crippen molar-refractivity contribution in [3.63, 3.8) is 0 Å². The maximum Gasteiger partial charge on any atom is 0.266 e. The Kier molecular flexibility index (Phi) is 8.36. The normalized spacial score (nSPS) is 11.2. The zero-order valence-corrected chi connectivity index (χ0v) is 28.8. The van der Waals surface area contributed by atoms with E-state index in [1.807, 2.05) is 18.2 Å². The van der Waals surface area contributed by atoms with E-state index in [9.17, 15) is 14.0 Å². The van der Waals surface area contributed by atoms with Gasteiger partial charge in [0.1, 0.15) is 17.1 Å². The summed E-state index contributed by atoms with van der Waals surface area (Å²) in [5.41, 5.74) is 2.45.